The second kappa shape index (κ2) is 9.56. The lowest BCUT2D eigenvalue weighted by atomic mass is 10.0. The predicted molar refractivity (Wildman–Crippen MR) is 132 cm³/mol. The number of nitrogens with one attached hydrogen (secondary N) is 1. The van der Waals surface area contributed by atoms with E-state index in [2.05, 4.69) is 22.1 Å². The second-order valence-corrected chi connectivity index (χ2v) is 9.19. The van der Waals surface area contributed by atoms with Crippen molar-refractivity contribution in [3.05, 3.63) is 61.7 Å². The van der Waals surface area contributed by atoms with Crippen molar-refractivity contribution in [1.82, 2.24) is 19.1 Å². The molecule has 0 aliphatic heterocycles. The molecular formula is C26H30N4O5. The van der Waals surface area contributed by atoms with Crippen LogP contribution in [0.1, 0.15) is 62.0 Å². The van der Waals surface area contributed by atoms with Gasteiger partial charge in [-0.2, -0.15) is 0 Å². The molecule has 4 aromatic rings. The second-order valence-electron chi connectivity index (χ2n) is 9.19. The Hall–Kier alpha value is -3.62. The fraction of sp³-hybridized carbons (Fsp3) is 0.462. The van der Waals surface area contributed by atoms with E-state index in [-0.39, 0.29) is 13.0 Å². The lowest BCUT2D eigenvalue weighted by molar-refractivity contribution is -0.144. The lowest BCUT2D eigenvalue weighted by Gasteiger charge is -2.08. The van der Waals surface area contributed by atoms with Crippen molar-refractivity contribution in [1.29, 1.82) is 0 Å². The van der Waals surface area contributed by atoms with Gasteiger partial charge in [0.05, 0.1) is 12.7 Å². The molecule has 1 aromatic carbocycles. The Morgan fingerprint density at radius 1 is 1.11 bits per heavy atom. The molecule has 1 N–H and O–H groups in total. The third-order valence-electron chi connectivity index (χ3n) is 6.71. The number of hydrogen-bond donors (Lipinski definition) is 1. The van der Waals surface area contributed by atoms with Gasteiger partial charge in [0.2, 0.25) is 0 Å². The number of ether oxygens (including phenoxy) is 1. The minimum Gasteiger partial charge on any atom is -0.464 e. The molecule has 0 spiro atoms. The summed E-state index contributed by atoms with van der Waals surface area (Å²) in [6, 6.07) is 4.21. The van der Waals surface area contributed by atoms with Crippen LogP contribution in [0.2, 0.25) is 0 Å². The summed E-state index contributed by atoms with van der Waals surface area (Å²) in [6.07, 6.45) is 7.42. The Bertz CT molecular complexity index is 1520. The fourth-order valence-corrected chi connectivity index (χ4v) is 4.95. The van der Waals surface area contributed by atoms with Crippen LogP contribution in [0.25, 0.3) is 22.1 Å². The Morgan fingerprint density at radius 3 is 2.69 bits per heavy atom. The molecule has 5 rings (SSSR count). The zero-order valence-electron chi connectivity index (χ0n) is 20.2. The number of aryl methyl sites for hydroxylation is 4. The number of imidazole rings is 1. The molecule has 3 aromatic heterocycles. The number of H-pyrrole nitrogens is 1. The van der Waals surface area contributed by atoms with Gasteiger partial charge in [0.15, 0.2) is 11.2 Å². The Kier molecular flexibility index (Phi) is 6.32. The van der Waals surface area contributed by atoms with Crippen LogP contribution in [-0.4, -0.2) is 25.1 Å². The number of benzene rings is 1. The van der Waals surface area contributed by atoms with E-state index in [1.807, 2.05) is 13.8 Å². The Balaban J connectivity index is 1.39. The molecule has 9 heteroatoms. The summed E-state index contributed by atoms with van der Waals surface area (Å²) in [5.41, 5.74) is 3.95. The highest BCUT2D eigenvalue weighted by molar-refractivity contribution is 5.87. The van der Waals surface area contributed by atoms with Gasteiger partial charge in [-0.05, 0) is 55.4 Å². The van der Waals surface area contributed by atoms with E-state index < -0.39 is 17.2 Å². The number of hydrogen-bond acceptors (Lipinski definition) is 6. The summed E-state index contributed by atoms with van der Waals surface area (Å²) in [7, 11) is 0. The first-order valence-electron chi connectivity index (χ1n) is 12.4. The van der Waals surface area contributed by atoms with Gasteiger partial charge in [-0.15, -0.1) is 0 Å². The Labute approximate surface area is 201 Å². The van der Waals surface area contributed by atoms with E-state index in [0.717, 1.165) is 55.1 Å². The fourth-order valence-electron chi connectivity index (χ4n) is 4.95. The summed E-state index contributed by atoms with van der Waals surface area (Å²) >= 11 is 0. The van der Waals surface area contributed by atoms with Crippen LogP contribution in [0.15, 0.2) is 32.4 Å². The first-order valence-corrected chi connectivity index (χ1v) is 12.4. The number of unbranched alkanes of at least 4 members (excludes halogenated alkanes) is 1. The number of carbonyl (C=O) groups excluding carboxylic acids is 1. The molecular weight excluding hydrogens is 448 g/mol. The average Bonchev–Trinajstić information content (AvgIpc) is 3.54. The maximum Gasteiger partial charge on any atom is 0.330 e. The first kappa shape index (κ1) is 23.1. The number of furan rings is 1. The number of fused-ring (bicyclic) bond motifs is 3. The molecule has 1 aliphatic carbocycles. The van der Waals surface area contributed by atoms with Crippen molar-refractivity contribution >= 4 is 28.1 Å². The van der Waals surface area contributed by atoms with Gasteiger partial charge < -0.3 is 13.7 Å². The van der Waals surface area contributed by atoms with Crippen molar-refractivity contribution < 1.29 is 13.9 Å². The minimum absolute atomic E-state index is 0.0832. The van der Waals surface area contributed by atoms with Gasteiger partial charge in [-0.25, -0.2) is 9.78 Å². The highest BCUT2D eigenvalue weighted by atomic mass is 16.5. The van der Waals surface area contributed by atoms with E-state index in [1.54, 1.807) is 10.8 Å². The van der Waals surface area contributed by atoms with Crippen LogP contribution < -0.4 is 11.2 Å². The highest BCUT2D eigenvalue weighted by Gasteiger charge is 2.21. The number of aromatic nitrogens is 4. The van der Waals surface area contributed by atoms with Crippen LogP contribution in [0.4, 0.5) is 0 Å². The SMILES string of the molecule is CCCCn1c(=O)[nH]c(=O)c2c1nc(COC(=O)Cc1coc3cc4c(cc13)CCC4)n2CCC. The van der Waals surface area contributed by atoms with E-state index in [9.17, 15) is 14.4 Å². The smallest absolute Gasteiger partial charge is 0.330 e. The van der Waals surface area contributed by atoms with Gasteiger partial charge in [0, 0.05) is 24.0 Å². The lowest BCUT2D eigenvalue weighted by Crippen LogP contribution is -2.31. The zero-order valence-corrected chi connectivity index (χ0v) is 20.2. The summed E-state index contributed by atoms with van der Waals surface area (Å²) in [5.74, 6) is 0.0482. The molecule has 0 saturated heterocycles. The van der Waals surface area contributed by atoms with E-state index in [1.165, 1.54) is 15.7 Å². The largest absolute Gasteiger partial charge is 0.464 e. The molecule has 0 atom stereocenters. The molecule has 35 heavy (non-hydrogen) atoms. The standard InChI is InChI=1S/C26H30N4O5/c1-3-5-10-30-24-23(25(32)28-26(30)33)29(9-4-2)21(27-24)15-35-22(31)13-18-14-34-20-12-17-8-6-7-16(17)11-19(18)20/h11-12,14H,3-10,13,15H2,1-2H3,(H,28,32,33). The van der Waals surface area contributed by atoms with Crippen molar-refractivity contribution in [2.75, 3.05) is 0 Å². The number of rotatable bonds is 9. The predicted octanol–water partition coefficient (Wildman–Crippen LogP) is 3.62. The van der Waals surface area contributed by atoms with E-state index in [0.29, 0.717) is 30.1 Å². The van der Waals surface area contributed by atoms with Crippen LogP contribution in [0.3, 0.4) is 0 Å². The zero-order chi connectivity index (χ0) is 24.5. The summed E-state index contributed by atoms with van der Waals surface area (Å²) in [6.45, 7) is 4.92. The molecule has 0 unspecified atom stereocenters. The molecule has 0 bridgehead atoms. The van der Waals surface area contributed by atoms with Gasteiger partial charge in [0.25, 0.3) is 5.56 Å². The number of nitrogens with zero attached hydrogens (tertiary/aromatic N) is 3. The molecule has 0 saturated carbocycles. The molecule has 1 aliphatic rings. The summed E-state index contributed by atoms with van der Waals surface area (Å²) in [5, 5.41) is 0.951. The molecule has 0 amide bonds. The molecule has 0 radical (unpaired) electrons. The first-order chi connectivity index (χ1) is 17.0. The van der Waals surface area contributed by atoms with Gasteiger partial charge in [-0.1, -0.05) is 20.3 Å². The maximum absolute atomic E-state index is 12.8. The summed E-state index contributed by atoms with van der Waals surface area (Å²) in [4.78, 5) is 44.8. The third-order valence-corrected chi connectivity index (χ3v) is 6.71. The van der Waals surface area contributed by atoms with Crippen LogP contribution in [-0.2, 0) is 48.5 Å². The van der Waals surface area contributed by atoms with Gasteiger partial charge in [0.1, 0.15) is 18.0 Å². The van der Waals surface area contributed by atoms with E-state index >= 15 is 0 Å². The quantitative estimate of drug-likeness (QED) is 0.368. The van der Waals surface area contributed by atoms with E-state index in [4.69, 9.17) is 9.15 Å². The monoisotopic (exact) mass is 478 g/mol. The topological polar surface area (TPSA) is 112 Å². The highest BCUT2D eigenvalue weighted by Crippen LogP contribution is 2.30. The van der Waals surface area contributed by atoms with Crippen LogP contribution in [0, 0.1) is 0 Å². The van der Waals surface area contributed by atoms with Crippen LogP contribution >= 0.6 is 0 Å². The van der Waals surface area contributed by atoms with Crippen molar-refractivity contribution in [3.8, 4) is 0 Å². The minimum atomic E-state index is -0.478. The number of carbonyl (C=O) groups is 1. The normalized spacial score (nSPS) is 13.1. The van der Waals surface area contributed by atoms with Crippen molar-refractivity contribution in [3.63, 3.8) is 0 Å². The van der Waals surface area contributed by atoms with Gasteiger partial charge >= 0.3 is 11.7 Å². The van der Waals surface area contributed by atoms with Gasteiger partial charge in [-0.3, -0.25) is 19.1 Å². The third kappa shape index (κ3) is 4.31. The number of aromatic amines is 1. The average molecular weight is 479 g/mol. The Morgan fingerprint density at radius 2 is 1.91 bits per heavy atom. The van der Waals surface area contributed by atoms with Crippen LogP contribution in [0.5, 0.6) is 0 Å². The van der Waals surface area contributed by atoms with Crippen molar-refractivity contribution in [2.45, 2.75) is 78.5 Å². The molecule has 3 heterocycles. The molecule has 9 nitrogen and oxygen atoms in total. The molecule has 0 fully saturated rings. The maximum atomic E-state index is 12.8. The van der Waals surface area contributed by atoms with Crippen molar-refractivity contribution in [2.24, 2.45) is 0 Å². The number of esters is 1. The summed E-state index contributed by atoms with van der Waals surface area (Å²) < 4.78 is 14.5. The molecule has 184 valence electrons.